The highest BCUT2D eigenvalue weighted by atomic mass is 16.6. The van der Waals surface area contributed by atoms with Crippen LogP contribution in [0.2, 0.25) is 0 Å². The Morgan fingerprint density at radius 2 is 1.61 bits per heavy atom. The number of rotatable bonds is 6. The maximum atomic E-state index is 11.6. The summed E-state index contributed by atoms with van der Waals surface area (Å²) < 4.78 is 9.87. The summed E-state index contributed by atoms with van der Waals surface area (Å²) in [6.45, 7) is 5.18. The Hall–Kier alpha value is -1.79. The van der Waals surface area contributed by atoms with E-state index in [1.165, 1.54) is 0 Å². The van der Waals surface area contributed by atoms with E-state index in [0.29, 0.717) is 12.8 Å². The summed E-state index contributed by atoms with van der Waals surface area (Å²) in [6, 6.07) is 0. The summed E-state index contributed by atoms with van der Waals surface area (Å²) in [7, 11) is 0. The Morgan fingerprint density at radius 1 is 1.04 bits per heavy atom. The molecule has 1 saturated carbocycles. The molecule has 132 valence electrons. The Morgan fingerprint density at radius 3 is 2.13 bits per heavy atom. The lowest BCUT2D eigenvalue weighted by atomic mass is 9.74. The van der Waals surface area contributed by atoms with Crippen LogP contribution in [0, 0.1) is 10.8 Å². The van der Waals surface area contributed by atoms with Gasteiger partial charge in [-0.2, -0.15) is 0 Å². The van der Waals surface area contributed by atoms with Crippen molar-refractivity contribution in [3.05, 3.63) is 0 Å². The van der Waals surface area contributed by atoms with Crippen molar-refractivity contribution in [1.29, 1.82) is 0 Å². The zero-order valence-corrected chi connectivity index (χ0v) is 14.1. The maximum Gasteiger partial charge on any atom is 0.407 e. The van der Waals surface area contributed by atoms with Gasteiger partial charge in [-0.25, -0.2) is 4.79 Å². The van der Waals surface area contributed by atoms with Crippen molar-refractivity contribution in [2.45, 2.75) is 52.9 Å². The predicted molar refractivity (Wildman–Crippen MR) is 82.9 cm³/mol. The number of carboxylic acid groups (broad SMARTS) is 1. The molecule has 23 heavy (non-hydrogen) atoms. The average Bonchev–Trinajstić information content (AvgIpc) is 2.49. The van der Waals surface area contributed by atoms with Crippen LogP contribution >= 0.6 is 0 Å². The summed E-state index contributed by atoms with van der Waals surface area (Å²) in [5.74, 6) is -1.25. The van der Waals surface area contributed by atoms with E-state index in [-0.39, 0.29) is 25.7 Å². The Kier molecular flexibility index (Phi) is 6.84. The standard InChI is InChI=1S/C16H27NO6/c1-15(2,3)13(20)22-9-10-23-14(21)17-11-16(12(18)19)7-5-4-6-8-16/h4-11H2,1-3H3,(H,17,21)(H,18,19). The van der Waals surface area contributed by atoms with Gasteiger partial charge in [0.2, 0.25) is 0 Å². The SMILES string of the molecule is CC(C)(C)C(=O)OCCOC(=O)NCC1(C(=O)O)CCCCC1. The number of nitrogens with one attached hydrogen (secondary N) is 1. The molecule has 1 amide bonds. The minimum atomic E-state index is -0.893. The van der Waals surface area contributed by atoms with Crippen LogP contribution in [-0.4, -0.2) is 42.9 Å². The molecule has 0 atom stereocenters. The van der Waals surface area contributed by atoms with E-state index in [2.05, 4.69) is 5.32 Å². The molecular weight excluding hydrogens is 302 g/mol. The topological polar surface area (TPSA) is 102 Å². The summed E-state index contributed by atoms with van der Waals surface area (Å²) in [6.07, 6.45) is 3.16. The second kappa shape index (κ2) is 8.17. The molecule has 7 heteroatoms. The van der Waals surface area contributed by atoms with Gasteiger partial charge in [-0.15, -0.1) is 0 Å². The molecule has 0 bridgehead atoms. The van der Waals surface area contributed by atoms with Gasteiger partial charge in [0.05, 0.1) is 10.8 Å². The van der Waals surface area contributed by atoms with Crippen LogP contribution in [0.4, 0.5) is 4.79 Å². The lowest BCUT2D eigenvalue weighted by Gasteiger charge is -2.32. The number of esters is 1. The van der Waals surface area contributed by atoms with Crippen LogP contribution < -0.4 is 5.32 Å². The predicted octanol–water partition coefficient (Wildman–Crippen LogP) is 2.34. The smallest absolute Gasteiger partial charge is 0.407 e. The van der Waals surface area contributed by atoms with E-state index < -0.39 is 22.9 Å². The first-order valence-electron chi connectivity index (χ1n) is 7.99. The van der Waals surface area contributed by atoms with Gasteiger partial charge in [0.15, 0.2) is 0 Å². The first-order valence-corrected chi connectivity index (χ1v) is 7.99. The maximum absolute atomic E-state index is 11.6. The monoisotopic (exact) mass is 329 g/mol. The van der Waals surface area contributed by atoms with Gasteiger partial charge >= 0.3 is 18.0 Å². The summed E-state index contributed by atoms with van der Waals surface area (Å²) in [5.41, 5.74) is -1.49. The molecule has 0 spiro atoms. The lowest BCUT2D eigenvalue weighted by Crippen LogP contribution is -2.44. The number of carbonyl (C=O) groups excluding carboxylic acids is 2. The highest BCUT2D eigenvalue weighted by Crippen LogP contribution is 2.35. The second-order valence-corrected chi connectivity index (χ2v) is 7.02. The molecule has 1 aliphatic carbocycles. The molecule has 7 nitrogen and oxygen atoms in total. The van der Waals surface area contributed by atoms with Crippen molar-refractivity contribution in [2.24, 2.45) is 10.8 Å². The molecule has 0 aliphatic heterocycles. The second-order valence-electron chi connectivity index (χ2n) is 7.02. The fourth-order valence-electron chi connectivity index (χ4n) is 2.47. The normalized spacial score (nSPS) is 17.2. The van der Waals surface area contributed by atoms with Crippen LogP contribution in [0.1, 0.15) is 52.9 Å². The zero-order chi connectivity index (χ0) is 17.5. The van der Waals surface area contributed by atoms with Gasteiger partial charge in [0, 0.05) is 6.54 Å². The van der Waals surface area contributed by atoms with E-state index in [1.807, 2.05) is 0 Å². The van der Waals surface area contributed by atoms with E-state index in [9.17, 15) is 19.5 Å². The first kappa shape index (κ1) is 19.3. The number of alkyl carbamates (subject to hydrolysis) is 1. The van der Waals surface area contributed by atoms with Crippen LogP contribution in [0.3, 0.4) is 0 Å². The largest absolute Gasteiger partial charge is 0.481 e. The van der Waals surface area contributed by atoms with Gasteiger partial charge in [-0.1, -0.05) is 19.3 Å². The van der Waals surface area contributed by atoms with Crippen molar-refractivity contribution in [1.82, 2.24) is 5.32 Å². The number of hydrogen-bond donors (Lipinski definition) is 2. The lowest BCUT2D eigenvalue weighted by molar-refractivity contribution is -0.154. The summed E-state index contributed by atoms with van der Waals surface area (Å²) in [5, 5.41) is 11.9. The van der Waals surface area contributed by atoms with E-state index in [4.69, 9.17) is 9.47 Å². The third-order valence-corrected chi connectivity index (χ3v) is 4.00. The quantitative estimate of drug-likeness (QED) is 0.573. The van der Waals surface area contributed by atoms with Crippen LogP contribution in [0.25, 0.3) is 0 Å². The number of amides is 1. The number of ether oxygens (including phenoxy) is 2. The minimum Gasteiger partial charge on any atom is -0.481 e. The Labute approximate surface area is 136 Å². The molecule has 0 aromatic carbocycles. The van der Waals surface area contributed by atoms with Crippen LogP contribution in [0.5, 0.6) is 0 Å². The minimum absolute atomic E-state index is 0.0202. The molecule has 0 aromatic rings. The molecule has 1 rings (SSSR count). The van der Waals surface area contributed by atoms with Crippen molar-refractivity contribution < 1.29 is 29.0 Å². The van der Waals surface area contributed by atoms with Gasteiger partial charge < -0.3 is 19.9 Å². The van der Waals surface area contributed by atoms with E-state index in [1.54, 1.807) is 20.8 Å². The van der Waals surface area contributed by atoms with Gasteiger partial charge in [-0.3, -0.25) is 9.59 Å². The van der Waals surface area contributed by atoms with E-state index >= 15 is 0 Å². The number of aliphatic carboxylic acids is 1. The molecule has 0 radical (unpaired) electrons. The third kappa shape index (κ3) is 6.08. The molecule has 0 saturated heterocycles. The van der Waals surface area contributed by atoms with Gasteiger partial charge in [0.1, 0.15) is 13.2 Å². The first-order chi connectivity index (χ1) is 10.7. The zero-order valence-electron chi connectivity index (χ0n) is 14.1. The molecule has 0 aromatic heterocycles. The Bertz CT molecular complexity index is 434. The Balaban J connectivity index is 2.28. The van der Waals surface area contributed by atoms with Crippen molar-refractivity contribution >= 4 is 18.0 Å². The van der Waals surface area contributed by atoms with Crippen molar-refractivity contribution in [3.8, 4) is 0 Å². The highest BCUT2D eigenvalue weighted by Gasteiger charge is 2.39. The molecule has 0 unspecified atom stereocenters. The highest BCUT2D eigenvalue weighted by molar-refractivity contribution is 5.76. The fraction of sp³-hybridized carbons (Fsp3) is 0.812. The molecule has 0 heterocycles. The van der Waals surface area contributed by atoms with Crippen molar-refractivity contribution in [2.75, 3.05) is 19.8 Å². The molecular formula is C16H27NO6. The third-order valence-electron chi connectivity index (χ3n) is 4.00. The van der Waals surface area contributed by atoms with Crippen LogP contribution in [0.15, 0.2) is 0 Å². The summed E-state index contributed by atoms with van der Waals surface area (Å²) in [4.78, 5) is 34.6. The summed E-state index contributed by atoms with van der Waals surface area (Å²) >= 11 is 0. The molecule has 1 fully saturated rings. The number of carbonyl (C=O) groups is 3. The van der Waals surface area contributed by atoms with Crippen LogP contribution in [-0.2, 0) is 19.1 Å². The number of carboxylic acids is 1. The van der Waals surface area contributed by atoms with Gasteiger partial charge in [-0.05, 0) is 33.6 Å². The van der Waals surface area contributed by atoms with Gasteiger partial charge in [0.25, 0.3) is 0 Å². The fourth-order valence-corrected chi connectivity index (χ4v) is 2.47. The molecule has 1 aliphatic rings. The van der Waals surface area contributed by atoms with Crippen molar-refractivity contribution in [3.63, 3.8) is 0 Å². The van der Waals surface area contributed by atoms with E-state index in [0.717, 1.165) is 19.3 Å². The average molecular weight is 329 g/mol. The number of hydrogen-bond acceptors (Lipinski definition) is 5. The molecule has 2 N–H and O–H groups in total.